The fraction of sp³-hybridized carbons (Fsp3) is 0.250. The first-order valence-electron chi connectivity index (χ1n) is 4.96. The summed E-state index contributed by atoms with van der Waals surface area (Å²) in [5.41, 5.74) is 8.50. The summed E-state index contributed by atoms with van der Waals surface area (Å²) in [7, 11) is 0. The highest BCUT2D eigenvalue weighted by molar-refractivity contribution is 5.87. The summed E-state index contributed by atoms with van der Waals surface area (Å²) in [6.07, 6.45) is 1.68. The predicted octanol–water partition coefficient (Wildman–Crippen LogP) is 2.65. The number of phenols is 1. The minimum atomic E-state index is 0.247. The molecule has 0 saturated heterocycles. The fourth-order valence-corrected chi connectivity index (χ4v) is 1.86. The Hall–Kier alpha value is -1.77. The van der Waals surface area contributed by atoms with Crippen molar-refractivity contribution in [2.24, 2.45) is 0 Å². The average molecular weight is 202 g/mol. The maximum absolute atomic E-state index is 9.46. The number of aromatic nitrogens is 1. The maximum Gasteiger partial charge on any atom is 0.116 e. The second-order valence-electron chi connectivity index (χ2n) is 3.98. The molecule has 78 valence electrons. The van der Waals surface area contributed by atoms with Crippen molar-refractivity contribution < 1.29 is 5.11 Å². The number of hydrogen-bond acceptors (Lipinski definition) is 3. The summed E-state index contributed by atoms with van der Waals surface area (Å²) in [6, 6.07) is 5.15. The maximum atomic E-state index is 9.46. The Morgan fingerprint density at radius 1 is 1.33 bits per heavy atom. The molecule has 0 unspecified atom stereocenters. The zero-order valence-corrected chi connectivity index (χ0v) is 8.86. The second-order valence-corrected chi connectivity index (χ2v) is 3.98. The first-order chi connectivity index (χ1) is 7.09. The molecule has 0 radical (unpaired) electrons. The lowest BCUT2D eigenvalue weighted by atomic mass is 9.97. The van der Waals surface area contributed by atoms with E-state index in [9.17, 15) is 5.11 Å². The molecular formula is C12H14N2O. The monoisotopic (exact) mass is 202 g/mol. The van der Waals surface area contributed by atoms with E-state index in [1.165, 1.54) is 0 Å². The fourth-order valence-electron chi connectivity index (χ4n) is 1.86. The summed E-state index contributed by atoms with van der Waals surface area (Å²) >= 11 is 0. The van der Waals surface area contributed by atoms with Gasteiger partial charge in [0.25, 0.3) is 0 Å². The first-order valence-corrected chi connectivity index (χ1v) is 4.96. The molecule has 3 N–H and O–H groups in total. The standard InChI is InChI=1S/C12H14N2O/c1-7(2)12-9-5-8(15)3-4-11(9)14-6-10(12)13/h3-7,15H,13H2,1-2H3. The summed E-state index contributed by atoms with van der Waals surface area (Å²) in [5.74, 6) is 0.564. The Kier molecular flexibility index (Phi) is 2.23. The molecule has 0 aliphatic carbocycles. The molecule has 0 atom stereocenters. The smallest absolute Gasteiger partial charge is 0.116 e. The van der Waals surface area contributed by atoms with Crippen LogP contribution in [0.25, 0.3) is 10.9 Å². The minimum Gasteiger partial charge on any atom is -0.508 e. The van der Waals surface area contributed by atoms with Gasteiger partial charge in [0.1, 0.15) is 5.75 Å². The molecule has 0 aliphatic heterocycles. The molecule has 2 rings (SSSR count). The molecule has 0 aliphatic rings. The molecule has 1 aromatic heterocycles. The molecule has 1 aromatic carbocycles. The van der Waals surface area contributed by atoms with E-state index in [0.29, 0.717) is 11.6 Å². The van der Waals surface area contributed by atoms with E-state index in [4.69, 9.17) is 5.73 Å². The largest absolute Gasteiger partial charge is 0.508 e. The number of nitrogens with zero attached hydrogens (tertiary/aromatic N) is 1. The van der Waals surface area contributed by atoms with Crippen molar-refractivity contribution in [3.8, 4) is 5.75 Å². The Morgan fingerprint density at radius 2 is 2.07 bits per heavy atom. The quantitative estimate of drug-likeness (QED) is 0.747. The van der Waals surface area contributed by atoms with Gasteiger partial charge in [0.15, 0.2) is 0 Å². The molecule has 3 heteroatoms. The van der Waals surface area contributed by atoms with Gasteiger partial charge in [-0.3, -0.25) is 4.98 Å². The highest BCUT2D eigenvalue weighted by Gasteiger charge is 2.10. The third-order valence-corrected chi connectivity index (χ3v) is 2.50. The van der Waals surface area contributed by atoms with Crippen LogP contribution in [0.3, 0.4) is 0 Å². The van der Waals surface area contributed by atoms with Gasteiger partial charge in [0.05, 0.1) is 17.4 Å². The number of pyridine rings is 1. The molecule has 15 heavy (non-hydrogen) atoms. The zero-order chi connectivity index (χ0) is 11.0. The van der Waals surface area contributed by atoms with E-state index in [1.54, 1.807) is 24.4 Å². The van der Waals surface area contributed by atoms with Crippen molar-refractivity contribution in [3.05, 3.63) is 30.0 Å². The van der Waals surface area contributed by atoms with Gasteiger partial charge >= 0.3 is 0 Å². The van der Waals surface area contributed by atoms with E-state index in [2.05, 4.69) is 18.8 Å². The van der Waals surface area contributed by atoms with Crippen LogP contribution in [0, 0.1) is 0 Å². The molecule has 0 spiro atoms. The van der Waals surface area contributed by atoms with Crippen LogP contribution < -0.4 is 5.73 Å². The summed E-state index contributed by atoms with van der Waals surface area (Å²) in [6.45, 7) is 4.16. The van der Waals surface area contributed by atoms with E-state index in [0.717, 1.165) is 16.5 Å². The van der Waals surface area contributed by atoms with Gasteiger partial charge in [-0.2, -0.15) is 0 Å². The van der Waals surface area contributed by atoms with Gasteiger partial charge in [-0.05, 0) is 29.7 Å². The lowest BCUT2D eigenvalue weighted by Gasteiger charge is -2.12. The van der Waals surface area contributed by atoms with Crippen LogP contribution in [0.5, 0.6) is 5.75 Å². The normalized spacial score (nSPS) is 11.1. The van der Waals surface area contributed by atoms with E-state index >= 15 is 0 Å². The zero-order valence-electron chi connectivity index (χ0n) is 8.86. The van der Waals surface area contributed by atoms with Gasteiger partial charge in [-0.15, -0.1) is 0 Å². The molecule has 0 bridgehead atoms. The Morgan fingerprint density at radius 3 is 2.73 bits per heavy atom. The SMILES string of the molecule is CC(C)c1c(N)cnc2ccc(O)cc12. The minimum absolute atomic E-state index is 0.247. The predicted molar refractivity (Wildman–Crippen MR) is 61.9 cm³/mol. The Labute approximate surface area is 88.6 Å². The van der Waals surface area contributed by atoms with Crippen molar-refractivity contribution in [2.75, 3.05) is 5.73 Å². The van der Waals surface area contributed by atoms with Gasteiger partial charge < -0.3 is 10.8 Å². The van der Waals surface area contributed by atoms with Crippen LogP contribution in [-0.4, -0.2) is 10.1 Å². The Balaban J connectivity index is 2.84. The number of fused-ring (bicyclic) bond motifs is 1. The molecule has 0 saturated carbocycles. The topological polar surface area (TPSA) is 59.1 Å². The van der Waals surface area contributed by atoms with Crippen LogP contribution in [0.15, 0.2) is 24.4 Å². The summed E-state index contributed by atoms with van der Waals surface area (Å²) < 4.78 is 0. The molecule has 3 nitrogen and oxygen atoms in total. The van der Waals surface area contributed by atoms with Crippen LogP contribution in [-0.2, 0) is 0 Å². The van der Waals surface area contributed by atoms with Gasteiger partial charge in [0, 0.05) is 5.39 Å². The van der Waals surface area contributed by atoms with Crippen molar-refractivity contribution in [3.63, 3.8) is 0 Å². The first kappa shape index (κ1) is 9.77. The number of hydrogen-bond donors (Lipinski definition) is 2. The van der Waals surface area contributed by atoms with E-state index < -0.39 is 0 Å². The summed E-state index contributed by atoms with van der Waals surface area (Å²) in [5, 5.41) is 10.4. The number of benzene rings is 1. The van der Waals surface area contributed by atoms with Gasteiger partial charge in [-0.25, -0.2) is 0 Å². The molecule has 1 heterocycles. The van der Waals surface area contributed by atoms with Crippen molar-refractivity contribution >= 4 is 16.6 Å². The average Bonchev–Trinajstić information content (AvgIpc) is 2.16. The highest BCUT2D eigenvalue weighted by Crippen LogP contribution is 2.30. The van der Waals surface area contributed by atoms with Crippen LogP contribution in [0.4, 0.5) is 5.69 Å². The number of nitrogens with two attached hydrogens (primary N) is 1. The van der Waals surface area contributed by atoms with Crippen LogP contribution >= 0.6 is 0 Å². The van der Waals surface area contributed by atoms with Crippen molar-refractivity contribution in [1.82, 2.24) is 4.98 Å². The van der Waals surface area contributed by atoms with Gasteiger partial charge in [-0.1, -0.05) is 13.8 Å². The molecule has 0 amide bonds. The number of rotatable bonds is 1. The lowest BCUT2D eigenvalue weighted by Crippen LogP contribution is -1.99. The Bertz CT molecular complexity index is 501. The van der Waals surface area contributed by atoms with E-state index in [-0.39, 0.29) is 5.75 Å². The molecular weight excluding hydrogens is 188 g/mol. The van der Waals surface area contributed by atoms with Gasteiger partial charge in [0.2, 0.25) is 0 Å². The van der Waals surface area contributed by atoms with Crippen LogP contribution in [0.2, 0.25) is 0 Å². The van der Waals surface area contributed by atoms with Crippen molar-refractivity contribution in [1.29, 1.82) is 0 Å². The van der Waals surface area contributed by atoms with Crippen LogP contribution in [0.1, 0.15) is 25.3 Å². The number of phenolic OH excluding ortho intramolecular Hbond substituents is 1. The third kappa shape index (κ3) is 1.61. The van der Waals surface area contributed by atoms with Crippen molar-refractivity contribution in [2.45, 2.75) is 19.8 Å². The molecule has 2 aromatic rings. The van der Waals surface area contributed by atoms with E-state index in [1.807, 2.05) is 0 Å². The second kappa shape index (κ2) is 3.42. The number of anilines is 1. The highest BCUT2D eigenvalue weighted by atomic mass is 16.3. The number of nitrogen functional groups attached to an aromatic ring is 1. The summed E-state index contributed by atoms with van der Waals surface area (Å²) in [4.78, 5) is 4.23. The lowest BCUT2D eigenvalue weighted by molar-refractivity contribution is 0.476. The third-order valence-electron chi connectivity index (χ3n) is 2.50. The number of aromatic hydroxyl groups is 1. The molecule has 0 fully saturated rings.